The van der Waals surface area contributed by atoms with Crippen LogP contribution < -0.4 is 20.6 Å². The van der Waals surface area contributed by atoms with Crippen LogP contribution in [0.5, 0.6) is 0 Å². The van der Waals surface area contributed by atoms with Gasteiger partial charge in [0.1, 0.15) is 0 Å². The number of fused-ring (bicyclic) bond motifs is 9. The Hall–Kier alpha value is -6.58. The highest BCUT2D eigenvalue weighted by molar-refractivity contribution is 6.93. The molecule has 56 heavy (non-hydrogen) atoms. The van der Waals surface area contributed by atoms with E-state index in [0.717, 1.165) is 0 Å². The van der Waals surface area contributed by atoms with Crippen molar-refractivity contribution in [1.82, 2.24) is 0 Å². The molecule has 0 aromatic heterocycles. The topological polar surface area (TPSA) is 6.48 Å². The largest absolute Gasteiger partial charge is 0.376 e. The summed E-state index contributed by atoms with van der Waals surface area (Å²) >= 11 is 0. The van der Waals surface area contributed by atoms with Gasteiger partial charge in [0.2, 0.25) is 0 Å². The van der Waals surface area contributed by atoms with E-state index in [2.05, 4.69) is 212 Å². The van der Waals surface area contributed by atoms with Gasteiger partial charge in [0.15, 0.2) is 0 Å². The Kier molecular flexibility index (Phi) is 6.37. The van der Waals surface area contributed by atoms with Gasteiger partial charge in [-0.1, -0.05) is 159 Å². The van der Waals surface area contributed by atoms with Gasteiger partial charge >= 0.3 is 6.85 Å². The summed E-state index contributed by atoms with van der Waals surface area (Å²) in [5, 5.41) is 0. The van der Waals surface area contributed by atoms with Gasteiger partial charge in [0, 0.05) is 33.7 Å². The van der Waals surface area contributed by atoms with Crippen molar-refractivity contribution in [1.29, 1.82) is 0 Å². The average Bonchev–Trinajstić information content (AvgIpc) is 3.47. The maximum absolute atomic E-state index is 2.66. The fraction of sp³-hybridized carbons (Fsp3) is 0.0943. The summed E-state index contributed by atoms with van der Waals surface area (Å²) in [7, 11) is 0. The zero-order valence-electron chi connectivity index (χ0n) is 31.8. The van der Waals surface area contributed by atoms with Crippen LogP contribution >= 0.6 is 0 Å². The summed E-state index contributed by atoms with van der Waals surface area (Å²) in [6.07, 6.45) is 0. The van der Waals surface area contributed by atoms with E-state index < -0.39 is 5.41 Å². The molecule has 0 unspecified atom stereocenters. The molecule has 0 saturated heterocycles. The minimum atomic E-state index is -0.536. The summed E-state index contributed by atoms with van der Waals surface area (Å²) in [4.78, 5) is 5.28. The van der Waals surface area contributed by atoms with Crippen LogP contribution in [0.1, 0.15) is 52.8 Å². The molecule has 0 N–H and O–H groups in total. The summed E-state index contributed by atoms with van der Waals surface area (Å²) in [6.45, 7) is 7.01. The van der Waals surface area contributed by atoms with E-state index in [4.69, 9.17) is 0 Å². The van der Waals surface area contributed by atoms with Gasteiger partial charge in [-0.05, 0) is 110 Å². The van der Waals surface area contributed by atoms with Gasteiger partial charge in [0.25, 0.3) is 0 Å². The van der Waals surface area contributed by atoms with Crippen molar-refractivity contribution in [3.63, 3.8) is 0 Å². The minimum absolute atomic E-state index is 0.0545. The Morgan fingerprint density at radius 1 is 0.446 bits per heavy atom. The van der Waals surface area contributed by atoms with Crippen LogP contribution in [-0.2, 0) is 10.8 Å². The molecule has 3 heterocycles. The van der Waals surface area contributed by atoms with E-state index in [1.54, 1.807) is 0 Å². The maximum Gasteiger partial charge on any atom is 0.333 e. The molecule has 0 saturated carbocycles. The number of hydrogen-bond acceptors (Lipinski definition) is 2. The molecule has 4 aliphatic rings. The minimum Gasteiger partial charge on any atom is -0.376 e. The molecule has 0 bridgehead atoms. The molecule has 3 aliphatic heterocycles. The molecule has 8 aromatic carbocycles. The van der Waals surface area contributed by atoms with E-state index >= 15 is 0 Å². The highest BCUT2D eigenvalue weighted by atomic mass is 15.2. The van der Waals surface area contributed by atoms with Crippen molar-refractivity contribution in [3.05, 3.63) is 221 Å². The van der Waals surface area contributed by atoms with Crippen molar-refractivity contribution in [2.24, 2.45) is 0 Å². The third kappa shape index (κ3) is 3.92. The fourth-order valence-electron chi connectivity index (χ4n) is 11.1. The Morgan fingerprint density at radius 2 is 1.07 bits per heavy atom. The fourth-order valence-corrected chi connectivity index (χ4v) is 11.1. The lowest BCUT2D eigenvalue weighted by atomic mass is 9.42. The molecular formula is C53H39BN2. The van der Waals surface area contributed by atoms with Crippen LogP contribution in [0, 0.1) is 6.92 Å². The van der Waals surface area contributed by atoms with Crippen LogP contribution in [0.2, 0.25) is 0 Å². The number of anilines is 5. The Bertz CT molecular complexity index is 2870. The molecule has 2 nitrogen and oxygen atoms in total. The van der Waals surface area contributed by atoms with Gasteiger partial charge < -0.3 is 9.71 Å². The molecule has 12 rings (SSSR count). The first-order chi connectivity index (χ1) is 27.5. The lowest BCUT2D eigenvalue weighted by Crippen LogP contribution is -2.62. The Balaban J connectivity index is 1.23. The van der Waals surface area contributed by atoms with E-state index in [1.165, 1.54) is 101 Å². The summed E-state index contributed by atoms with van der Waals surface area (Å²) < 4.78 is 0. The molecule has 1 aliphatic carbocycles. The first kappa shape index (κ1) is 31.7. The second-order valence-corrected chi connectivity index (χ2v) is 16.5. The number of aryl methyl sites for hydroxylation is 1. The van der Waals surface area contributed by atoms with Crippen LogP contribution in [0.3, 0.4) is 0 Å². The number of nitrogens with zero attached hydrogens (tertiary/aromatic N) is 2. The quantitative estimate of drug-likeness (QED) is 0.168. The third-order valence-electron chi connectivity index (χ3n) is 13.3. The van der Waals surface area contributed by atoms with E-state index in [0.29, 0.717) is 0 Å². The molecule has 0 amide bonds. The molecule has 0 radical (unpaired) electrons. The molecule has 264 valence electrons. The Labute approximate surface area is 329 Å². The van der Waals surface area contributed by atoms with Crippen LogP contribution in [0.25, 0.3) is 22.3 Å². The normalized spacial score (nSPS) is 15.6. The molecule has 0 atom stereocenters. The van der Waals surface area contributed by atoms with Crippen molar-refractivity contribution < 1.29 is 0 Å². The summed E-state index contributed by atoms with van der Waals surface area (Å²) in [5.41, 5.74) is 22.8. The number of para-hydroxylation sites is 3. The highest BCUT2D eigenvalue weighted by Gasteiger charge is 2.53. The van der Waals surface area contributed by atoms with Crippen LogP contribution in [0.4, 0.5) is 28.4 Å². The van der Waals surface area contributed by atoms with Crippen molar-refractivity contribution >= 4 is 46.2 Å². The first-order valence-electron chi connectivity index (χ1n) is 19.9. The van der Waals surface area contributed by atoms with Crippen LogP contribution in [0.15, 0.2) is 182 Å². The van der Waals surface area contributed by atoms with Gasteiger partial charge in [-0.25, -0.2) is 0 Å². The zero-order chi connectivity index (χ0) is 37.3. The maximum atomic E-state index is 2.66. The van der Waals surface area contributed by atoms with E-state index in [9.17, 15) is 0 Å². The number of rotatable bonds is 3. The molecular weight excluding hydrogens is 675 g/mol. The highest BCUT2D eigenvalue weighted by Crippen LogP contribution is 2.60. The van der Waals surface area contributed by atoms with Gasteiger partial charge in [-0.2, -0.15) is 0 Å². The third-order valence-corrected chi connectivity index (χ3v) is 13.3. The lowest BCUT2D eigenvalue weighted by molar-refractivity contribution is 0.660. The average molecular weight is 715 g/mol. The number of hydrogen-bond donors (Lipinski definition) is 0. The van der Waals surface area contributed by atoms with Gasteiger partial charge in [-0.3, -0.25) is 0 Å². The van der Waals surface area contributed by atoms with E-state index in [1.807, 2.05) is 0 Å². The van der Waals surface area contributed by atoms with Gasteiger partial charge in [0.05, 0.1) is 11.1 Å². The summed E-state index contributed by atoms with van der Waals surface area (Å²) in [6, 6.07) is 68.7. The zero-order valence-corrected chi connectivity index (χ0v) is 31.8. The first-order valence-corrected chi connectivity index (χ1v) is 19.9. The van der Waals surface area contributed by atoms with E-state index in [-0.39, 0.29) is 12.3 Å². The second kappa shape index (κ2) is 11.2. The predicted molar refractivity (Wildman–Crippen MR) is 234 cm³/mol. The smallest absolute Gasteiger partial charge is 0.333 e. The van der Waals surface area contributed by atoms with Crippen molar-refractivity contribution in [2.75, 3.05) is 9.71 Å². The monoisotopic (exact) mass is 714 g/mol. The van der Waals surface area contributed by atoms with Crippen molar-refractivity contribution in [3.8, 4) is 22.3 Å². The standard InChI is InChI=1S/C53H39BN2/c1-34-30-41-40-32-39-38-24-13-14-25-42(38)52(2,3)45(39)33-48(40)56(37-22-11-6-12-23-37)54-46-28-17-27-44-51(46)55(49(31-34)50(41)54)47-29-16-15-26-43(47)53(44,35-18-7-4-8-19-35)36-20-9-5-10-21-36/h4-33H,1-3H3. The Morgan fingerprint density at radius 3 is 1.80 bits per heavy atom. The molecule has 0 fully saturated rings. The SMILES string of the molecule is Cc1cc2c3c(c1)N1c4ccccc4C(c4ccccc4)(c4ccccc4)c4cccc(c41)B3N(c1ccccc1)c1cc3c(cc1-2)-c1ccccc1C3(C)C. The lowest BCUT2D eigenvalue weighted by Gasteiger charge is -2.52. The summed E-state index contributed by atoms with van der Waals surface area (Å²) in [5.74, 6) is 0. The predicted octanol–water partition coefficient (Wildman–Crippen LogP) is 11.7. The van der Waals surface area contributed by atoms with Crippen molar-refractivity contribution in [2.45, 2.75) is 31.6 Å². The van der Waals surface area contributed by atoms with Crippen LogP contribution in [-0.4, -0.2) is 6.85 Å². The van der Waals surface area contributed by atoms with Gasteiger partial charge in [-0.15, -0.1) is 0 Å². The molecule has 3 heteroatoms. The molecule has 0 spiro atoms. The number of benzene rings is 8. The second-order valence-electron chi connectivity index (χ2n) is 16.5. The molecule has 8 aromatic rings.